The van der Waals surface area contributed by atoms with Crippen LogP contribution in [0.15, 0.2) is 35.3 Å². The Morgan fingerprint density at radius 1 is 1.29 bits per heavy atom. The minimum atomic E-state index is -1.25. The van der Waals surface area contributed by atoms with Gasteiger partial charge in [0.05, 0.1) is 11.3 Å². The summed E-state index contributed by atoms with van der Waals surface area (Å²) >= 11 is 0. The van der Waals surface area contributed by atoms with E-state index in [4.69, 9.17) is 5.11 Å². The minimum absolute atomic E-state index is 0.176. The normalized spacial score (nSPS) is 10.2. The molecule has 3 N–H and O–H groups in total. The van der Waals surface area contributed by atoms with Gasteiger partial charge in [-0.1, -0.05) is 0 Å². The minimum Gasteiger partial charge on any atom is -0.478 e. The first kappa shape index (κ1) is 14.4. The summed E-state index contributed by atoms with van der Waals surface area (Å²) in [6, 6.07) is 4.22. The highest BCUT2D eigenvalue weighted by molar-refractivity contribution is 6.04. The maximum atomic E-state index is 13.6. The van der Waals surface area contributed by atoms with Crippen molar-refractivity contribution >= 4 is 17.6 Å². The molecule has 1 aromatic carbocycles. The van der Waals surface area contributed by atoms with E-state index in [1.807, 2.05) is 0 Å². The molecule has 6 nitrogen and oxygen atoms in total. The maximum absolute atomic E-state index is 13.6. The van der Waals surface area contributed by atoms with Crippen LogP contribution in [0.3, 0.4) is 0 Å². The smallest absolute Gasteiger partial charge is 0.335 e. The van der Waals surface area contributed by atoms with Crippen molar-refractivity contribution in [2.24, 2.45) is 0 Å². The van der Waals surface area contributed by atoms with E-state index in [1.54, 1.807) is 6.92 Å². The van der Waals surface area contributed by atoms with Crippen LogP contribution in [0, 0.1) is 12.7 Å². The molecule has 108 valence electrons. The number of carbonyl (C=O) groups is 2. The Morgan fingerprint density at radius 2 is 2.00 bits per heavy atom. The average Bonchev–Trinajstić information content (AvgIpc) is 2.40. The number of aryl methyl sites for hydroxylation is 1. The molecular formula is C14H11FN2O4. The summed E-state index contributed by atoms with van der Waals surface area (Å²) < 4.78 is 13.6. The molecule has 0 radical (unpaired) electrons. The highest BCUT2D eigenvalue weighted by Gasteiger charge is 2.14. The summed E-state index contributed by atoms with van der Waals surface area (Å²) in [6.45, 7) is 1.65. The Bertz CT molecular complexity index is 783. The number of carboxylic acids is 1. The number of hydrogen-bond acceptors (Lipinski definition) is 3. The number of nitrogens with one attached hydrogen (secondary N) is 2. The van der Waals surface area contributed by atoms with Gasteiger partial charge in [-0.15, -0.1) is 0 Å². The van der Waals surface area contributed by atoms with E-state index in [-0.39, 0.29) is 16.8 Å². The molecule has 21 heavy (non-hydrogen) atoms. The molecule has 1 amide bonds. The van der Waals surface area contributed by atoms with E-state index in [2.05, 4.69) is 10.3 Å². The first-order chi connectivity index (χ1) is 9.88. The van der Waals surface area contributed by atoms with Crippen LogP contribution in [-0.2, 0) is 0 Å². The third kappa shape index (κ3) is 3.14. The number of amides is 1. The number of aromatic carboxylic acids is 1. The summed E-state index contributed by atoms with van der Waals surface area (Å²) in [6.07, 6.45) is 1.21. The predicted octanol–water partition coefficient (Wildman–Crippen LogP) is 1.77. The van der Waals surface area contributed by atoms with Crippen molar-refractivity contribution in [1.82, 2.24) is 4.98 Å². The number of aromatic amines is 1. The summed E-state index contributed by atoms with van der Waals surface area (Å²) in [5.74, 6) is -2.87. The van der Waals surface area contributed by atoms with Crippen LogP contribution in [0.4, 0.5) is 10.1 Å². The highest BCUT2D eigenvalue weighted by Crippen LogP contribution is 2.17. The van der Waals surface area contributed by atoms with Gasteiger partial charge in [-0.25, -0.2) is 9.18 Å². The molecule has 0 unspecified atom stereocenters. The Morgan fingerprint density at radius 3 is 2.62 bits per heavy atom. The van der Waals surface area contributed by atoms with Gasteiger partial charge in [-0.3, -0.25) is 9.59 Å². The zero-order valence-corrected chi connectivity index (χ0v) is 10.9. The van der Waals surface area contributed by atoms with Crippen molar-refractivity contribution in [2.75, 3.05) is 5.32 Å². The SMILES string of the molecule is Cc1cc(=O)c(C(=O)Nc2cc(C(=O)O)ccc2F)c[nH]1. The van der Waals surface area contributed by atoms with Crippen molar-refractivity contribution in [3.63, 3.8) is 0 Å². The molecule has 0 aliphatic heterocycles. The molecule has 0 saturated heterocycles. The van der Waals surface area contributed by atoms with Gasteiger partial charge in [0, 0.05) is 18.0 Å². The second-order valence-electron chi connectivity index (χ2n) is 4.35. The average molecular weight is 290 g/mol. The molecular weight excluding hydrogens is 279 g/mol. The molecule has 1 heterocycles. The van der Waals surface area contributed by atoms with Crippen molar-refractivity contribution in [2.45, 2.75) is 6.92 Å². The lowest BCUT2D eigenvalue weighted by molar-refractivity contribution is 0.0696. The summed E-state index contributed by atoms with van der Waals surface area (Å²) in [7, 11) is 0. The Hall–Kier alpha value is -2.96. The van der Waals surface area contributed by atoms with E-state index < -0.39 is 23.1 Å². The van der Waals surface area contributed by atoms with Crippen LogP contribution in [-0.4, -0.2) is 22.0 Å². The first-order valence-electron chi connectivity index (χ1n) is 5.92. The predicted molar refractivity (Wildman–Crippen MR) is 73.1 cm³/mol. The van der Waals surface area contributed by atoms with Crippen LogP contribution < -0.4 is 10.7 Å². The Kier molecular flexibility index (Phi) is 3.84. The fourth-order valence-corrected chi connectivity index (χ4v) is 1.69. The third-order valence-electron chi connectivity index (χ3n) is 2.76. The topological polar surface area (TPSA) is 99.3 Å². The second-order valence-corrected chi connectivity index (χ2v) is 4.35. The number of hydrogen-bond donors (Lipinski definition) is 3. The van der Waals surface area contributed by atoms with Crippen molar-refractivity contribution < 1.29 is 19.1 Å². The molecule has 2 rings (SSSR count). The monoisotopic (exact) mass is 290 g/mol. The largest absolute Gasteiger partial charge is 0.478 e. The van der Waals surface area contributed by atoms with Gasteiger partial charge in [0.1, 0.15) is 11.4 Å². The number of aromatic nitrogens is 1. The zero-order chi connectivity index (χ0) is 15.6. The number of benzene rings is 1. The number of pyridine rings is 1. The standard InChI is InChI=1S/C14H11FN2O4/c1-7-4-12(18)9(6-16-7)13(19)17-11-5-8(14(20)21)2-3-10(11)15/h2-6H,1H3,(H,16,18)(H,17,19)(H,20,21). The molecule has 0 aliphatic rings. The number of H-pyrrole nitrogens is 1. The van der Waals surface area contributed by atoms with Gasteiger partial charge in [0.15, 0.2) is 5.43 Å². The van der Waals surface area contributed by atoms with Gasteiger partial charge < -0.3 is 15.4 Å². The van der Waals surface area contributed by atoms with Crippen molar-refractivity contribution in [3.05, 3.63) is 63.3 Å². The fraction of sp³-hybridized carbons (Fsp3) is 0.0714. The van der Waals surface area contributed by atoms with Gasteiger partial charge in [-0.05, 0) is 25.1 Å². The van der Waals surface area contributed by atoms with E-state index >= 15 is 0 Å². The Balaban J connectivity index is 2.33. The number of halogens is 1. The summed E-state index contributed by atoms with van der Waals surface area (Å²) in [5, 5.41) is 11.0. The molecule has 0 fully saturated rings. The van der Waals surface area contributed by atoms with Gasteiger partial charge >= 0.3 is 5.97 Å². The Labute approximate surface area is 118 Å². The molecule has 1 aromatic heterocycles. The lowest BCUT2D eigenvalue weighted by atomic mass is 10.1. The molecule has 0 atom stereocenters. The van der Waals surface area contributed by atoms with Crippen LogP contribution in [0.5, 0.6) is 0 Å². The van der Waals surface area contributed by atoms with E-state index in [0.29, 0.717) is 5.69 Å². The quantitative estimate of drug-likeness (QED) is 0.802. The van der Waals surface area contributed by atoms with Crippen molar-refractivity contribution in [1.29, 1.82) is 0 Å². The molecule has 7 heteroatoms. The molecule has 2 aromatic rings. The fourth-order valence-electron chi connectivity index (χ4n) is 1.69. The third-order valence-corrected chi connectivity index (χ3v) is 2.76. The molecule has 0 aliphatic carbocycles. The number of rotatable bonds is 3. The molecule has 0 saturated carbocycles. The van der Waals surface area contributed by atoms with Crippen molar-refractivity contribution in [3.8, 4) is 0 Å². The van der Waals surface area contributed by atoms with Crippen LogP contribution >= 0.6 is 0 Å². The van der Waals surface area contributed by atoms with E-state index in [1.165, 1.54) is 12.3 Å². The van der Waals surface area contributed by atoms with Gasteiger partial charge in [-0.2, -0.15) is 0 Å². The van der Waals surface area contributed by atoms with Crippen LogP contribution in [0.2, 0.25) is 0 Å². The maximum Gasteiger partial charge on any atom is 0.335 e. The summed E-state index contributed by atoms with van der Waals surface area (Å²) in [4.78, 5) is 37.1. The second kappa shape index (κ2) is 5.58. The molecule has 0 spiro atoms. The number of carbonyl (C=O) groups excluding carboxylic acids is 1. The van der Waals surface area contributed by atoms with E-state index in [0.717, 1.165) is 18.2 Å². The van der Waals surface area contributed by atoms with Crippen LogP contribution in [0.25, 0.3) is 0 Å². The first-order valence-corrected chi connectivity index (χ1v) is 5.92. The van der Waals surface area contributed by atoms with Gasteiger partial charge in [0.25, 0.3) is 5.91 Å². The number of carboxylic acid groups (broad SMARTS) is 1. The number of anilines is 1. The van der Waals surface area contributed by atoms with Gasteiger partial charge in [0.2, 0.25) is 0 Å². The zero-order valence-electron chi connectivity index (χ0n) is 10.9. The summed E-state index contributed by atoms with van der Waals surface area (Å²) in [5.41, 5.74) is -0.612. The van der Waals surface area contributed by atoms with E-state index in [9.17, 15) is 18.8 Å². The molecule has 0 bridgehead atoms. The van der Waals surface area contributed by atoms with Crippen LogP contribution in [0.1, 0.15) is 26.4 Å². The highest BCUT2D eigenvalue weighted by atomic mass is 19.1. The lowest BCUT2D eigenvalue weighted by Crippen LogP contribution is -2.22. The lowest BCUT2D eigenvalue weighted by Gasteiger charge is -2.07.